The Morgan fingerprint density at radius 1 is 1.20 bits per heavy atom. The number of nitrogens with zero attached hydrogens (tertiary/aromatic N) is 3. The van der Waals surface area contributed by atoms with Gasteiger partial charge in [-0.1, -0.05) is 6.07 Å². The molecule has 0 saturated carbocycles. The smallest absolute Gasteiger partial charge is 0.251 e. The number of benzene rings is 1. The summed E-state index contributed by atoms with van der Waals surface area (Å²) in [7, 11) is 1.44. The van der Waals surface area contributed by atoms with E-state index in [-0.39, 0.29) is 29.4 Å². The first kappa shape index (κ1) is 23.4. The first-order chi connectivity index (χ1) is 17.1. The Morgan fingerprint density at radius 2 is 2.06 bits per heavy atom. The number of rotatable bonds is 7. The van der Waals surface area contributed by atoms with Gasteiger partial charge in [-0.3, -0.25) is 4.79 Å². The summed E-state index contributed by atoms with van der Waals surface area (Å²) in [6.45, 7) is 2.33. The van der Waals surface area contributed by atoms with Crippen LogP contribution in [0.4, 0.5) is 10.3 Å². The predicted octanol–water partition coefficient (Wildman–Crippen LogP) is 3.39. The highest BCUT2D eigenvalue weighted by atomic mass is 19.1. The summed E-state index contributed by atoms with van der Waals surface area (Å²) in [6, 6.07) is 10.1. The molecule has 0 radical (unpaired) electrons. The Labute approximate surface area is 203 Å². The van der Waals surface area contributed by atoms with E-state index < -0.39 is 5.82 Å². The number of ether oxygens (including phenoxy) is 2. The van der Waals surface area contributed by atoms with E-state index in [1.165, 1.54) is 13.2 Å². The molecule has 184 valence electrons. The van der Waals surface area contributed by atoms with E-state index in [1.54, 1.807) is 35.2 Å². The zero-order valence-corrected chi connectivity index (χ0v) is 19.7. The minimum Gasteiger partial charge on any atom is -0.494 e. The van der Waals surface area contributed by atoms with Crippen molar-refractivity contribution >= 4 is 5.95 Å². The molecule has 0 aliphatic carbocycles. The Morgan fingerprint density at radius 3 is 2.77 bits per heavy atom. The van der Waals surface area contributed by atoms with E-state index in [1.807, 2.05) is 12.1 Å². The summed E-state index contributed by atoms with van der Waals surface area (Å²) >= 11 is 0. The number of nitrogens with one attached hydrogen (secondary N) is 2. The topological polar surface area (TPSA) is 90.3 Å². The second kappa shape index (κ2) is 10.5. The van der Waals surface area contributed by atoms with Crippen LogP contribution in [0.2, 0.25) is 0 Å². The maximum absolute atomic E-state index is 14.5. The monoisotopic (exact) mass is 479 g/mol. The third-order valence-corrected chi connectivity index (χ3v) is 6.75. The molecule has 2 fully saturated rings. The third-order valence-electron chi connectivity index (χ3n) is 6.75. The molecule has 35 heavy (non-hydrogen) atoms. The molecule has 2 N–H and O–H groups in total. The van der Waals surface area contributed by atoms with Crippen LogP contribution in [0.1, 0.15) is 37.3 Å². The standard InChI is InChI=1S/C26H30FN5O3/c1-34-23-5-4-18(15-20(23)27)25(22-3-2-10-28-22)32-12-7-17(16-24(32)33)21-6-11-29-26(31-21)30-19-8-13-35-14-9-19/h4-7,11-12,15-16,19,22,25,28H,2-3,8-10,13-14H2,1H3,(H,29,30,31)/t22?,25-/m0/s1. The zero-order valence-electron chi connectivity index (χ0n) is 19.7. The van der Waals surface area contributed by atoms with Gasteiger partial charge >= 0.3 is 0 Å². The molecular formula is C26H30FN5O3. The van der Waals surface area contributed by atoms with Crippen molar-refractivity contribution in [2.24, 2.45) is 0 Å². The van der Waals surface area contributed by atoms with Crippen molar-refractivity contribution in [3.8, 4) is 17.0 Å². The highest BCUT2D eigenvalue weighted by Crippen LogP contribution is 2.30. The van der Waals surface area contributed by atoms with Gasteiger partial charge in [-0.15, -0.1) is 0 Å². The van der Waals surface area contributed by atoms with Crippen LogP contribution in [0.3, 0.4) is 0 Å². The molecule has 0 amide bonds. The highest BCUT2D eigenvalue weighted by Gasteiger charge is 2.29. The van der Waals surface area contributed by atoms with Crippen LogP contribution in [-0.2, 0) is 4.74 Å². The number of pyridine rings is 1. The second-order valence-electron chi connectivity index (χ2n) is 9.00. The van der Waals surface area contributed by atoms with Crippen molar-refractivity contribution in [1.29, 1.82) is 0 Å². The van der Waals surface area contributed by atoms with Gasteiger partial charge in [-0.05, 0) is 62.1 Å². The van der Waals surface area contributed by atoms with Crippen LogP contribution in [0.5, 0.6) is 5.75 Å². The lowest BCUT2D eigenvalue weighted by Gasteiger charge is -2.27. The van der Waals surface area contributed by atoms with E-state index >= 15 is 0 Å². The van der Waals surface area contributed by atoms with Crippen molar-refractivity contribution in [1.82, 2.24) is 19.9 Å². The number of hydrogen-bond acceptors (Lipinski definition) is 7. The molecule has 9 heteroatoms. The van der Waals surface area contributed by atoms with Crippen molar-refractivity contribution in [2.75, 3.05) is 32.2 Å². The van der Waals surface area contributed by atoms with Crippen LogP contribution < -0.4 is 20.9 Å². The van der Waals surface area contributed by atoms with Gasteiger partial charge in [0.25, 0.3) is 5.56 Å². The Hall–Kier alpha value is -3.30. The van der Waals surface area contributed by atoms with Gasteiger partial charge in [0.15, 0.2) is 11.6 Å². The summed E-state index contributed by atoms with van der Waals surface area (Å²) < 4.78 is 26.7. The van der Waals surface area contributed by atoms with Crippen molar-refractivity contribution in [3.63, 3.8) is 0 Å². The lowest BCUT2D eigenvalue weighted by atomic mass is 9.97. The fraction of sp³-hybridized carbons (Fsp3) is 0.423. The lowest BCUT2D eigenvalue weighted by molar-refractivity contribution is 0.0903. The molecule has 2 atom stereocenters. The van der Waals surface area contributed by atoms with E-state index in [9.17, 15) is 9.18 Å². The van der Waals surface area contributed by atoms with Crippen LogP contribution in [0, 0.1) is 5.82 Å². The maximum Gasteiger partial charge on any atom is 0.251 e. The molecule has 0 bridgehead atoms. The molecule has 8 nitrogen and oxygen atoms in total. The Balaban J connectivity index is 1.44. The molecule has 2 saturated heterocycles. The normalized spacial score (nSPS) is 19.4. The summed E-state index contributed by atoms with van der Waals surface area (Å²) in [5.41, 5.74) is 1.94. The average molecular weight is 480 g/mol. The molecular weight excluding hydrogens is 449 g/mol. The third kappa shape index (κ3) is 5.21. The van der Waals surface area contributed by atoms with E-state index in [0.717, 1.165) is 51.0 Å². The minimum atomic E-state index is -0.441. The number of anilines is 1. The number of hydrogen-bond donors (Lipinski definition) is 2. The van der Waals surface area contributed by atoms with Crippen LogP contribution >= 0.6 is 0 Å². The quantitative estimate of drug-likeness (QED) is 0.537. The molecule has 5 rings (SSSR count). The number of methoxy groups -OCH3 is 1. The summed E-state index contributed by atoms with van der Waals surface area (Å²) in [5, 5.41) is 6.84. The van der Waals surface area contributed by atoms with Gasteiger partial charge in [0.1, 0.15) is 0 Å². The fourth-order valence-electron chi connectivity index (χ4n) is 4.93. The minimum absolute atomic E-state index is 0.0284. The van der Waals surface area contributed by atoms with Crippen LogP contribution in [0.25, 0.3) is 11.3 Å². The van der Waals surface area contributed by atoms with Crippen molar-refractivity contribution in [3.05, 3.63) is 70.5 Å². The van der Waals surface area contributed by atoms with Crippen molar-refractivity contribution < 1.29 is 13.9 Å². The van der Waals surface area contributed by atoms with E-state index in [4.69, 9.17) is 9.47 Å². The molecule has 4 heterocycles. The molecule has 1 aromatic carbocycles. The molecule has 2 aromatic heterocycles. The zero-order chi connectivity index (χ0) is 24.2. The largest absolute Gasteiger partial charge is 0.494 e. The summed E-state index contributed by atoms with van der Waals surface area (Å²) in [6.07, 6.45) is 7.20. The van der Waals surface area contributed by atoms with Gasteiger partial charge < -0.3 is 24.7 Å². The average Bonchev–Trinajstić information content (AvgIpc) is 3.41. The Bertz CT molecular complexity index is 1220. The Kier molecular flexibility index (Phi) is 7.06. The first-order valence-electron chi connectivity index (χ1n) is 12.1. The van der Waals surface area contributed by atoms with E-state index in [2.05, 4.69) is 20.6 Å². The first-order valence-corrected chi connectivity index (χ1v) is 12.1. The fourth-order valence-corrected chi connectivity index (χ4v) is 4.93. The number of aromatic nitrogens is 3. The molecule has 3 aromatic rings. The van der Waals surface area contributed by atoms with Gasteiger partial charge in [-0.25, -0.2) is 14.4 Å². The highest BCUT2D eigenvalue weighted by molar-refractivity contribution is 5.59. The van der Waals surface area contributed by atoms with Gasteiger partial charge in [0, 0.05) is 49.3 Å². The molecule has 1 unspecified atom stereocenters. The molecule has 2 aliphatic rings. The van der Waals surface area contributed by atoms with Crippen LogP contribution in [-0.4, -0.2) is 53.5 Å². The van der Waals surface area contributed by atoms with Crippen LogP contribution in [0.15, 0.2) is 53.6 Å². The second-order valence-corrected chi connectivity index (χ2v) is 9.00. The number of halogens is 1. The van der Waals surface area contributed by atoms with Gasteiger partial charge in [-0.2, -0.15) is 0 Å². The van der Waals surface area contributed by atoms with Crippen molar-refractivity contribution in [2.45, 2.75) is 43.8 Å². The summed E-state index contributed by atoms with van der Waals surface area (Å²) in [4.78, 5) is 22.3. The maximum atomic E-state index is 14.5. The SMILES string of the molecule is COc1ccc([C@@H](C2CCCN2)n2ccc(-c3ccnc(NC4CCOCC4)n3)cc2=O)cc1F. The predicted molar refractivity (Wildman–Crippen MR) is 131 cm³/mol. The van der Waals surface area contributed by atoms with Gasteiger partial charge in [0.05, 0.1) is 18.8 Å². The molecule has 0 spiro atoms. The lowest BCUT2D eigenvalue weighted by Crippen LogP contribution is -2.38. The molecule has 2 aliphatic heterocycles. The van der Waals surface area contributed by atoms with Gasteiger partial charge in [0.2, 0.25) is 5.95 Å². The van der Waals surface area contributed by atoms with E-state index in [0.29, 0.717) is 17.2 Å². The summed E-state index contributed by atoms with van der Waals surface area (Å²) in [5.74, 6) is 0.284.